The number of imide groups is 1. The van der Waals surface area contributed by atoms with Crippen LogP contribution in [0.15, 0.2) is 53.2 Å². The fraction of sp³-hybridized carbons (Fsp3) is 0.227. The van der Waals surface area contributed by atoms with Gasteiger partial charge in [-0.3, -0.25) is 19.3 Å². The van der Waals surface area contributed by atoms with E-state index in [1.54, 1.807) is 53.9 Å². The standard InChI is InChI=1S/C22H18N2O3S2/c1-13(24-21(26)14-5-2-3-6-15(14)22(24)27)20(25)23-10-8-17-16(9-12-29-17)19(23)18-7-4-11-28-18/h2-7,9,11-13,19H,8,10H2,1H3. The van der Waals surface area contributed by atoms with E-state index < -0.39 is 17.9 Å². The summed E-state index contributed by atoms with van der Waals surface area (Å²) in [5.74, 6) is -0.991. The lowest BCUT2D eigenvalue weighted by molar-refractivity contribution is -0.137. The average molecular weight is 423 g/mol. The molecule has 0 aliphatic carbocycles. The Balaban J connectivity index is 1.49. The van der Waals surface area contributed by atoms with Gasteiger partial charge in [0.25, 0.3) is 11.8 Å². The molecule has 2 unspecified atom stereocenters. The molecule has 0 N–H and O–H groups in total. The van der Waals surface area contributed by atoms with Crippen molar-refractivity contribution in [2.45, 2.75) is 25.4 Å². The number of thiophene rings is 2. The Morgan fingerprint density at radius 3 is 2.38 bits per heavy atom. The fourth-order valence-electron chi connectivity index (χ4n) is 4.22. The summed E-state index contributed by atoms with van der Waals surface area (Å²) in [5.41, 5.74) is 1.88. The van der Waals surface area contributed by atoms with E-state index in [9.17, 15) is 14.4 Å². The first-order valence-corrected chi connectivity index (χ1v) is 11.2. The highest BCUT2D eigenvalue weighted by molar-refractivity contribution is 7.10. The maximum absolute atomic E-state index is 13.6. The molecule has 5 nitrogen and oxygen atoms in total. The van der Waals surface area contributed by atoms with Crippen molar-refractivity contribution in [2.24, 2.45) is 0 Å². The molecule has 1 aromatic carbocycles. The Kier molecular flexibility index (Phi) is 4.37. The van der Waals surface area contributed by atoms with Crippen molar-refractivity contribution in [3.05, 3.63) is 79.7 Å². The van der Waals surface area contributed by atoms with Gasteiger partial charge in [-0.2, -0.15) is 0 Å². The second kappa shape index (κ2) is 6.93. The number of fused-ring (bicyclic) bond motifs is 2. The predicted octanol–water partition coefficient (Wildman–Crippen LogP) is 3.97. The smallest absolute Gasteiger partial charge is 0.262 e. The summed E-state index contributed by atoms with van der Waals surface area (Å²) >= 11 is 3.33. The molecule has 2 aliphatic heterocycles. The van der Waals surface area contributed by atoms with Crippen molar-refractivity contribution >= 4 is 40.4 Å². The Morgan fingerprint density at radius 2 is 1.72 bits per heavy atom. The van der Waals surface area contributed by atoms with Crippen LogP contribution in [0.1, 0.15) is 49.0 Å². The molecule has 0 spiro atoms. The molecule has 2 aliphatic rings. The van der Waals surface area contributed by atoms with Crippen molar-refractivity contribution in [3.8, 4) is 0 Å². The molecule has 0 bridgehead atoms. The number of rotatable bonds is 3. The lowest BCUT2D eigenvalue weighted by Gasteiger charge is -2.38. The van der Waals surface area contributed by atoms with E-state index in [-0.39, 0.29) is 11.9 Å². The van der Waals surface area contributed by atoms with Gasteiger partial charge in [0, 0.05) is 16.3 Å². The van der Waals surface area contributed by atoms with E-state index in [1.807, 2.05) is 22.4 Å². The molecule has 3 amide bonds. The number of benzene rings is 1. The van der Waals surface area contributed by atoms with Gasteiger partial charge in [-0.1, -0.05) is 18.2 Å². The van der Waals surface area contributed by atoms with Crippen molar-refractivity contribution < 1.29 is 14.4 Å². The highest BCUT2D eigenvalue weighted by Crippen LogP contribution is 2.40. The quantitative estimate of drug-likeness (QED) is 0.600. The van der Waals surface area contributed by atoms with Crippen molar-refractivity contribution in [2.75, 3.05) is 6.54 Å². The summed E-state index contributed by atoms with van der Waals surface area (Å²) in [5, 5.41) is 4.07. The molecule has 3 aromatic rings. The zero-order valence-electron chi connectivity index (χ0n) is 15.7. The third kappa shape index (κ3) is 2.76. The molecule has 0 fully saturated rings. The minimum atomic E-state index is -0.856. The van der Waals surface area contributed by atoms with Crippen LogP contribution in [0.25, 0.3) is 0 Å². The molecule has 146 valence electrons. The van der Waals surface area contributed by atoms with Gasteiger partial charge in [0.2, 0.25) is 5.91 Å². The van der Waals surface area contributed by atoms with E-state index >= 15 is 0 Å². The van der Waals surface area contributed by atoms with Crippen molar-refractivity contribution in [1.82, 2.24) is 9.80 Å². The molecule has 7 heteroatoms. The highest BCUT2D eigenvalue weighted by Gasteiger charge is 2.44. The maximum atomic E-state index is 13.6. The molecule has 0 saturated heterocycles. The maximum Gasteiger partial charge on any atom is 0.262 e. The number of amides is 3. The molecule has 5 rings (SSSR count). The minimum absolute atomic E-state index is 0.171. The number of hydrogen-bond acceptors (Lipinski definition) is 5. The fourth-order valence-corrected chi connectivity index (χ4v) is 5.98. The average Bonchev–Trinajstić information content (AvgIpc) is 3.47. The predicted molar refractivity (Wildman–Crippen MR) is 112 cm³/mol. The second-order valence-electron chi connectivity index (χ2n) is 7.20. The number of carbonyl (C=O) groups excluding carboxylic acids is 3. The first kappa shape index (κ1) is 18.3. The first-order valence-electron chi connectivity index (χ1n) is 9.45. The van der Waals surface area contributed by atoms with Crippen LogP contribution in [-0.4, -0.2) is 40.1 Å². The molecule has 0 radical (unpaired) electrons. The summed E-state index contributed by atoms with van der Waals surface area (Å²) in [6.07, 6.45) is 0.787. The largest absolute Gasteiger partial charge is 0.329 e. The highest BCUT2D eigenvalue weighted by atomic mass is 32.1. The van der Waals surface area contributed by atoms with Gasteiger partial charge in [0.05, 0.1) is 17.2 Å². The Morgan fingerprint density at radius 1 is 1.00 bits per heavy atom. The Bertz CT molecular complexity index is 1080. The van der Waals surface area contributed by atoms with E-state index in [0.29, 0.717) is 17.7 Å². The summed E-state index contributed by atoms with van der Waals surface area (Å²) in [7, 11) is 0. The van der Waals surface area contributed by atoms with E-state index in [0.717, 1.165) is 21.8 Å². The normalized spacial score (nSPS) is 19.3. The molecule has 2 atom stereocenters. The first-order chi connectivity index (χ1) is 14.1. The SMILES string of the molecule is CC(C(=O)N1CCc2sccc2C1c1cccs1)N1C(=O)c2ccccc2C1=O. The lowest BCUT2D eigenvalue weighted by Crippen LogP contribution is -2.51. The number of hydrogen-bond donors (Lipinski definition) is 0. The van der Waals surface area contributed by atoms with E-state index in [1.165, 1.54) is 4.88 Å². The molecular weight excluding hydrogens is 404 g/mol. The molecular formula is C22H18N2O3S2. The van der Waals surface area contributed by atoms with Gasteiger partial charge >= 0.3 is 0 Å². The lowest BCUT2D eigenvalue weighted by atomic mass is 9.97. The van der Waals surface area contributed by atoms with Crippen LogP contribution in [0.4, 0.5) is 0 Å². The third-order valence-electron chi connectivity index (χ3n) is 5.63. The van der Waals surface area contributed by atoms with Crippen LogP contribution in [0, 0.1) is 0 Å². The second-order valence-corrected chi connectivity index (χ2v) is 9.18. The van der Waals surface area contributed by atoms with Gasteiger partial charge in [-0.15, -0.1) is 22.7 Å². The van der Waals surface area contributed by atoms with E-state index in [2.05, 4.69) is 11.4 Å². The van der Waals surface area contributed by atoms with Crippen molar-refractivity contribution in [3.63, 3.8) is 0 Å². The minimum Gasteiger partial charge on any atom is -0.329 e. The topological polar surface area (TPSA) is 57.7 Å². The molecule has 2 aromatic heterocycles. The monoisotopic (exact) mass is 422 g/mol. The van der Waals surface area contributed by atoms with Gasteiger partial charge in [0.1, 0.15) is 6.04 Å². The van der Waals surface area contributed by atoms with Gasteiger partial charge in [-0.25, -0.2) is 0 Å². The van der Waals surface area contributed by atoms with Gasteiger partial charge < -0.3 is 4.90 Å². The summed E-state index contributed by atoms with van der Waals surface area (Å²) in [4.78, 5) is 44.6. The summed E-state index contributed by atoms with van der Waals surface area (Å²) in [6, 6.07) is 11.8. The van der Waals surface area contributed by atoms with Gasteiger partial charge in [0.15, 0.2) is 0 Å². The van der Waals surface area contributed by atoms with Crippen LogP contribution >= 0.6 is 22.7 Å². The van der Waals surface area contributed by atoms with Crippen molar-refractivity contribution in [1.29, 1.82) is 0 Å². The van der Waals surface area contributed by atoms with Crippen LogP contribution in [-0.2, 0) is 11.2 Å². The van der Waals surface area contributed by atoms with E-state index in [4.69, 9.17) is 0 Å². The van der Waals surface area contributed by atoms with Crippen LogP contribution in [0.3, 0.4) is 0 Å². The van der Waals surface area contributed by atoms with Crippen LogP contribution < -0.4 is 0 Å². The number of nitrogens with zero attached hydrogens (tertiary/aromatic N) is 2. The summed E-state index contributed by atoms with van der Waals surface area (Å²) < 4.78 is 0. The van der Waals surface area contributed by atoms with Gasteiger partial charge in [-0.05, 0) is 53.9 Å². The van der Waals surface area contributed by atoms with Crippen LogP contribution in [0.2, 0.25) is 0 Å². The molecule has 0 saturated carbocycles. The number of carbonyl (C=O) groups is 3. The third-order valence-corrected chi connectivity index (χ3v) is 7.55. The molecule has 4 heterocycles. The Hall–Kier alpha value is -2.77. The zero-order chi connectivity index (χ0) is 20.1. The summed E-state index contributed by atoms with van der Waals surface area (Å²) in [6.45, 7) is 2.22. The van der Waals surface area contributed by atoms with Crippen LogP contribution in [0.5, 0.6) is 0 Å². The zero-order valence-corrected chi connectivity index (χ0v) is 17.3. The Labute approximate surface area is 176 Å². The molecule has 29 heavy (non-hydrogen) atoms.